The van der Waals surface area contributed by atoms with Crippen molar-refractivity contribution in [2.45, 2.75) is 46.6 Å². The highest BCUT2D eigenvalue weighted by Gasteiger charge is 2.31. The van der Waals surface area contributed by atoms with E-state index in [1.165, 1.54) is 35.5 Å². The Kier molecular flexibility index (Phi) is 6.24. The van der Waals surface area contributed by atoms with Crippen LogP contribution in [0, 0.1) is 17.0 Å². The molecule has 7 heteroatoms. The fraction of sp³-hybridized carbons (Fsp3) is 0.333. The van der Waals surface area contributed by atoms with Crippen molar-refractivity contribution in [3.63, 3.8) is 0 Å². The van der Waals surface area contributed by atoms with Gasteiger partial charge in [0.1, 0.15) is 0 Å². The van der Waals surface area contributed by atoms with E-state index in [0.717, 1.165) is 29.7 Å². The minimum Gasteiger partial charge on any atom is -0.362 e. The first-order valence-electron chi connectivity index (χ1n) is 10.3. The lowest BCUT2D eigenvalue weighted by Gasteiger charge is -2.43. The number of benzene rings is 2. The summed E-state index contributed by atoms with van der Waals surface area (Å²) in [5.41, 5.74) is 7.99. The minimum absolute atomic E-state index is 0.0542. The SMILES string of the molecule is CCCN1c2cc(C)c(/C=N\NC(=O)c3cccc([N+](=O)[O-])c3)cc2C(C)=CC1(C)C. The molecule has 2 aromatic rings. The van der Waals surface area contributed by atoms with Crippen molar-refractivity contribution in [3.05, 3.63) is 74.8 Å². The van der Waals surface area contributed by atoms with Crippen LogP contribution < -0.4 is 10.3 Å². The molecule has 1 heterocycles. The first-order valence-corrected chi connectivity index (χ1v) is 10.3. The number of hydrogen-bond donors (Lipinski definition) is 1. The summed E-state index contributed by atoms with van der Waals surface area (Å²) < 4.78 is 0. The fourth-order valence-corrected chi connectivity index (χ4v) is 4.00. The quantitative estimate of drug-likeness (QED) is 0.401. The maximum absolute atomic E-state index is 12.3. The number of fused-ring (bicyclic) bond motifs is 1. The third-order valence-corrected chi connectivity index (χ3v) is 5.50. The van der Waals surface area contributed by atoms with Gasteiger partial charge in [0.2, 0.25) is 0 Å². The maximum atomic E-state index is 12.3. The number of nitro groups is 1. The van der Waals surface area contributed by atoms with Gasteiger partial charge in [-0.15, -0.1) is 0 Å². The Labute approximate surface area is 182 Å². The number of nitrogens with zero attached hydrogens (tertiary/aromatic N) is 3. The Bertz CT molecular complexity index is 1090. The van der Waals surface area contributed by atoms with Gasteiger partial charge in [-0.2, -0.15) is 5.10 Å². The Morgan fingerprint density at radius 2 is 2.00 bits per heavy atom. The van der Waals surface area contributed by atoms with Gasteiger partial charge in [-0.3, -0.25) is 14.9 Å². The number of nitro benzene ring substituents is 1. The van der Waals surface area contributed by atoms with Gasteiger partial charge in [0, 0.05) is 35.5 Å². The highest BCUT2D eigenvalue weighted by Crippen LogP contribution is 2.40. The van der Waals surface area contributed by atoms with Crippen LogP contribution in [0.2, 0.25) is 0 Å². The normalized spacial score (nSPS) is 14.9. The molecule has 0 saturated heterocycles. The molecule has 0 radical (unpaired) electrons. The van der Waals surface area contributed by atoms with Crippen molar-refractivity contribution >= 4 is 29.1 Å². The number of carbonyl (C=O) groups is 1. The molecule has 0 aliphatic carbocycles. The number of rotatable bonds is 6. The lowest BCUT2D eigenvalue weighted by Crippen LogP contribution is -2.45. The van der Waals surface area contributed by atoms with Crippen LogP contribution in [0.3, 0.4) is 0 Å². The van der Waals surface area contributed by atoms with Gasteiger partial charge < -0.3 is 4.90 Å². The number of hydrogen-bond acceptors (Lipinski definition) is 5. The van der Waals surface area contributed by atoms with E-state index >= 15 is 0 Å². The predicted molar refractivity (Wildman–Crippen MR) is 125 cm³/mol. The zero-order chi connectivity index (χ0) is 22.8. The van der Waals surface area contributed by atoms with Crippen molar-refractivity contribution in [2.24, 2.45) is 5.10 Å². The highest BCUT2D eigenvalue weighted by molar-refractivity contribution is 5.96. The summed E-state index contributed by atoms with van der Waals surface area (Å²) in [6, 6.07) is 9.83. The molecule has 0 bridgehead atoms. The molecule has 0 saturated carbocycles. The van der Waals surface area contributed by atoms with Gasteiger partial charge in [0.25, 0.3) is 11.6 Å². The molecule has 1 aliphatic heterocycles. The van der Waals surface area contributed by atoms with Crippen LogP contribution in [0.15, 0.2) is 47.6 Å². The zero-order valence-corrected chi connectivity index (χ0v) is 18.6. The molecule has 0 fully saturated rings. The van der Waals surface area contributed by atoms with Crippen LogP contribution in [-0.2, 0) is 0 Å². The topological polar surface area (TPSA) is 87.8 Å². The summed E-state index contributed by atoms with van der Waals surface area (Å²) >= 11 is 0. The molecule has 1 N–H and O–H groups in total. The van der Waals surface area contributed by atoms with Crippen molar-refractivity contribution in [3.8, 4) is 0 Å². The first-order chi connectivity index (χ1) is 14.6. The van der Waals surface area contributed by atoms with Crippen LogP contribution >= 0.6 is 0 Å². The summed E-state index contributed by atoms with van der Waals surface area (Å²) in [6.07, 6.45) is 4.95. The van der Waals surface area contributed by atoms with E-state index in [2.05, 4.69) is 61.3 Å². The number of aryl methyl sites for hydroxylation is 1. The Hall–Kier alpha value is -3.48. The van der Waals surface area contributed by atoms with Gasteiger partial charge in [-0.05, 0) is 69.0 Å². The van der Waals surface area contributed by atoms with Crippen LogP contribution in [-0.4, -0.2) is 29.1 Å². The second kappa shape index (κ2) is 8.71. The molecular formula is C24H28N4O3. The van der Waals surface area contributed by atoms with E-state index in [1.807, 2.05) is 6.92 Å². The molecule has 162 valence electrons. The lowest BCUT2D eigenvalue weighted by atomic mass is 9.87. The zero-order valence-electron chi connectivity index (χ0n) is 18.6. The number of non-ortho nitro benzene ring substituents is 1. The summed E-state index contributed by atoms with van der Waals surface area (Å²) in [6.45, 7) is 11.7. The van der Waals surface area contributed by atoms with E-state index in [0.29, 0.717) is 0 Å². The predicted octanol–water partition coefficient (Wildman–Crippen LogP) is 5.08. The smallest absolute Gasteiger partial charge is 0.271 e. The molecule has 0 spiro atoms. The monoisotopic (exact) mass is 420 g/mol. The summed E-state index contributed by atoms with van der Waals surface area (Å²) in [5.74, 6) is -0.498. The Morgan fingerprint density at radius 1 is 1.26 bits per heavy atom. The average molecular weight is 421 g/mol. The molecular weight excluding hydrogens is 392 g/mol. The third-order valence-electron chi connectivity index (χ3n) is 5.50. The largest absolute Gasteiger partial charge is 0.362 e. The van der Waals surface area contributed by atoms with Gasteiger partial charge in [0.05, 0.1) is 16.7 Å². The van der Waals surface area contributed by atoms with Crippen molar-refractivity contribution in [2.75, 3.05) is 11.4 Å². The van der Waals surface area contributed by atoms with Gasteiger partial charge >= 0.3 is 0 Å². The first kappa shape index (κ1) is 22.2. The molecule has 0 aromatic heterocycles. The molecule has 7 nitrogen and oxygen atoms in total. The molecule has 1 aliphatic rings. The van der Waals surface area contributed by atoms with E-state index in [1.54, 1.807) is 6.21 Å². The van der Waals surface area contributed by atoms with Crippen molar-refractivity contribution < 1.29 is 9.72 Å². The number of hydrazone groups is 1. The molecule has 2 aromatic carbocycles. The van der Waals surface area contributed by atoms with Crippen LogP contribution in [0.5, 0.6) is 0 Å². The fourth-order valence-electron chi connectivity index (χ4n) is 4.00. The summed E-state index contributed by atoms with van der Waals surface area (Å²) in [4.78, 5) is 25.1. The molecule has 31 heavy (non-hydrogen) atoms. The Morgan fingerprint density at radius 3 is 2.68 bits per heavy atom. The standard InChI is InChI=1S/C24H28N4O3/c1-6-10-27-22-11-16(2)19(13-21(22)17(3)14-24(27,4)5)15-25-26-23(29)18-8-7-9-20(12-18)28(30)31/h7-9,11-15H,6,10H2,1-5H3,(H,26,29)/b25-15-. The summed E-state index contributed by atoms with van der Waals surface area (Å²) in [5, 5.41) is 15.0. The van der Waals surface area contributed by atoms with Crippen LogP contribution in [0.25, 0.3) is 5.57 Å². The van der Waals surface area contributed by atoms with Crippen LogP contribution in [0.4, 0.5) is 11.4 Å². The molecule has 3 rings (SSSR count). The number of amides is 1. The van der Waals surface area contributed by atoms with E-state index in [-0.39, 0.29) is 16.8 Å². The van der Waals surface area contributed by atoms with Crippen LogP contribution in [0.1, 0.15) is 61.2 Å². The maximum Gasteiger partial charge on any atom is 0.271 e. The van der Waals surface area contributed by atoms with E-state index in [4.69, 9.17) is 0 Å². The second-order valence-corrected chi connectivity index (χ2v) is 8.37. The third kappa shape index (κ3) is 4.66. The van der Waals surface area contributed by atoms with E-state index < -0.39 is 10.8 Å². The molecule has 1 amide bonds. The van der Waals surface area contributed by atoms with Gasteiger partial charge in [0.15, 0.2) is 0 Å². The number of anilines is 1. The lowest BCUT2D eigenvalue weighted by molar-refractivity contribution is -0.384. The minimum atomic E-state index is -0.532. The average Bonchev–Trinajstić information content (AvgIpc) is 2.71. The Balaban J connectivity index is 1.84. The molecule has 0 unspecified atom stereocenters. The number of carbonyl (C=O) groups excluding carboxylic acids is 1. The van der Waals surface area contributed by atoms with E-state index in [9.17, 15) is 14.9 Å². The summed E-state index contributed by atoms with van der Waals surface area (Å²) in [7, 11) is 0. The second-order valence-electron chi connectivity index (χ2n) is 8.37. The van der Waals surface area contributed by atoms with Gasteiger partial charge in [-0.25, -0.2) is 5.43 Å². The van der Waals surface area contributed by atoms with Crippen molar-refractivity contribution in [1.82, 2.24) is 5.43 Å². The molecule has 0 atom stereocenters. The number of nitrogens with one attached hydrogen (secondary N) is 1. The number of allylic oxidation sites excluding steroid dienone is 1. The van der Waals surface area contributed by atoms with Crippen molar-refractivity contribution in [1.29, 1.82) is 0 Å². The van der Waals surface area contributed by atoms with Gasteiger partial charge in [-0.1, -0.05) is 19.1 Å². The highest BCUT2D eigenvalue weighted by atomic mass is 16.6.